The summed E-state index contributed by atoms with van der Waals surface area (Å²) < 4.78 is 12.9. The number of nitrogens with zero attached hydrogens (tertiary/aromatic N) is 1. The van der Waals surface area contributed by atoms with Crippen LogP contribution in [-0.4, -0.2) is 35.3 Å². The minimum Gasteiger partial charge on any atom is -0.326 e. The van der Waals surface area contributed by atoms with Crippen LogP contribution in [0.2, 0.25) is 0 Å². The zero-order valence-electron chi connectivity index (χ0n) is 13.9. The van der Waals surface area contributed by atoms with Gasteiger partial charge in [0.1, 0.15) is 18.4 Å². The number of rotatable bonds is 6. The first-order chi connectivity index (χ1) is 12.5. The number of nitrogens with one attached hydrogen (secondary N) is 2. The van der Waals surface area contributed by atoms with E-state index in [9.17, 15) is 18.8 Å². The van der Waals surface area contributed by atoms with Gasteiger partial charge in [-0.15, -0.1) is 0 Å². The number of aryl methyl sites for hydroxylation is 1. The van der Waals surface area contributed by atoms with E-state index in [0.29, 0.717) is 18.5 Å². The third-order valence-corrected chi connectivity index (χ3v) is 4.10. The van der Waals surface area contributed by atoms with Gasteiger partial charge in [0, 0.05) is 5.69 Å². The molecule has 134 valence electrons. The molecule has 1 unspecified atom stereocenters. The molecule has 2 aromatic carbocycles. The van der Waals surface area contributed by atoms with Crippen LogP contribution in [0.5, 0.6) is 0 Å². The number of urea groups is 1. The van der Waals surface area contributed by atoms with Gasteiger partial charge < -0.3 is 10.6 Å². The molecule has 0 aromatic heterocycles. The van der Waals surface area contributed by atoms with Gasteiger partial charge in [0.15, 0.2) is 0 Å². The first kappa shape index (κ1) is 17.6. The molecule has 1 aliphatic rings. The fourth-order valence-corrected chi connectivity index (χ4v) is 2.76. The lowest BCUT2D eigenvalue weighted by Crippen LogP contribution is -2.38. The molecule has 1 atom stereocenters. The van der Waals surface area contributed by atoms with E-state index in [1.807, 2.05) is 30.3 Å². The van der Waals surface area contributed by atoms with Crippen LogP contribution in [0.25, 0.3) is 0 Å². The monoisotopic (exact) mass is 355 g/mol. The molecule has 0 aliphatic carbocycles. The molecule has 0 radical (unpaired) electrons. The Hall–Kier alpha value is -3.22. The van der Waals surface area contributed by atoms with Crippen LogP contribution >= 0.6 is 0 Å². The van der Waals surface area contributed by atoms with Crippen LogP contribution in [0.3, 0.4) is 0 Å². The van der Waals surface area contributed by atoms with Crippen molar-refractivity contribution < 1.29 is 18.8 Å². The standard InChI is InChI=1S/C19H18FN3O3/c20-14-7-9-15(10-8-14)21-17(24)12-23-18(25)16(22-19(23)26)11-6-13-4-2-1-3-5-13/h1-5,7-10,16H,6,11-12H2,(H,21,24)(H,22,26). The van der Waals surface area contributed by atoms with Crippen molar-refractivity contribution in [1.82, 2.24) is 10.2 Å². The van der Waals surface area contributed by atoms with Crippen LogP contribution in [-0.2, 0) is 16.0 Å². The minimum absolute atomic E-state index is 0.385. The highest BCUT2D eigenvalue weighted by molar-refractivity contribution is 6.07. The Morgan fingerprint density at radius 3 is 2.46 bits per heavy atom. The Balaban J connectivity index is 1.54. The Morgan fingerprint density at radius 1 is 1.08 bits per heavy atom. The lowest BCUT2D eigenvalue weighted by molar-refractivity contribution is -0.130. The molecule has 7 heteroatoms. The molecule has 2 aromatic rings. The smallest absolute Gasteiger partial charge is 0.325 e. The fourth-order valence-electron chi connectivity index (χ4n) is 2.76. The molecule has 1 fully saturated rings. The third-order valence-electron chi connectivity index (χ3n) is 4.10. The Bertz CT molecular complexity index is 809. The molecule has 2 N–H and O–H groups in total. The summed E-state index contributed by atoms with van der Waals surface area (Å²) in [5.41, 5.74) is 1.46. The lowest BCUT2D eigenvalue weighted by atomic mass is 10.1. The fraction of sp³-hybridized carbons (Fsp3) is 0.211. The summed E-state index contributed by atoms with van der Waals surface area (Å²) in [6.45, 7) is -0.385. The molecule has 4 amide bonds. The van der Waals surface area contributed by atoms with Gasteiger partial charge in [-0.3, -0.25) is 14.5 Å². The zero-order valence-corrected chi connectivity index (χ0v) is 13.9. The highest BCUT2D eigenvalue weighted by Gasteiger charge is 2.38. The van der Waals surface area contributed by atoms with E-state index in [1.165, 1.54) is 24.3 Å². The van der Waals surface area contributed by atoms with E-state index >= 15 is 0 Å². The zero-order chi connectivity index (χ0) is 18.5. The van der Waals surface area contributed by atoms with Crippen molar-refractivity contribution >= 4 is 23.5 Å². The second kappa shape index (κ2) is 7.77. The summed E-state index contributed by atoms with van der Waals surface area (Å²) >= 11 is 0. The predicted octanol–water partition coefficient (Wildman–Crippen LogP) is 2.32. The third kappa shape index (κ3) is 4.24. The van der Waals surface area contributed by atoms with Gasteiger partial charge in [-0.05, 0) is 42.7 Å². The molecule has 0 saturated carbocycles. The van der Waals surface area contributed by atoms with E-state index in [0.717, 1.165) is 10.5 Å². The first-order valence-electron chi connectivity index (χ1n) is 8.24. The van der Waals surface area contributed by atoms with Gasteiger partial charge in [-0.2, -0.15) is 0 Å². The van der Waals surface area contributed by atoms with Crippen molar-refractivity contribution in [3.63, 3.8) is 0 Å². The molecular formula is C19H18FN3O3. The Labute approximate surface area is 150 Å². The number of carbonyl (C=O) groups excluding carboxylic acids is 3. The molecule has 3 rings (SSSR count). The normalized spacial score (nSPS) is 16.5. The topological polar surface area (TPSA) is 78.5 Å². The SMILES string of the molecule is O=C(CN1C(=O)NC(CCc2ccccc2)C1=O)Nc1ccc(F)cc1. The van der Waals surface area contributed by atoms with Crippen molar-refractivity contribution in [1.29, 1.82) is 0 Å². The summed E-state index contributed by atoms with van der Waals surface area (Å²) in [6, 6.07) is 13.7. The molecule has 1 saturated heterocycles. The second-order valence-electron chi connectivity index (χ2n) is 6.01. The van der Waals surface area contributed by atoms with Gasteiger partial charge in [0.05, 0.1) is 0 Å². The van der Waals surface area contributed by atoms with Crippen LogP contribution < -0.4 is 10.6 Å². The summed E-state index contributed by atoms with van der Waals surface area (Å²) in [6.07, 6.45) is 1.11. The first-order valence-corrected chi connectivity index (χ1v) is 8.24. The Morgan fingerprint density at radius 2 is 1.77 bits per heavy atom. The summed E-state index contributed by atoms with van der Waals surface area (Å²) in [5, 5.41) is 5.14. The average molecular weight is 355 g/mol. The summed E-state index contributed by atoms with van der Waals surface area (Å²) in [7, 11) is 0. The van der Waals surface area contributed by atoms with E-state index in [2.05, 4.69) is 10.6 Å². The van der Waals surface area contributed by atoms with Crippen molar-refractivity contribution in [2.75, 3.05) is 11.9 Å². The average Bonchev–Trinajstić information content (AvgIpc) is 2.90. The number of hydrogen-bond donors (Lipinski definition) is 2. The second-order valence-corrected chi connectivity index (χ2v) is 6.01. The maximum absolute atomic E-state index is 12.9. The summed E-state index contributed by atoms with van der Waals surface area (Å²) in [4.78, 5) is 37.3. The van der Waals surface area contributed by atoms with Crippen LogP contribution in [0.15, 0.2) is 54.6 Å². The van der Waals surface area contributed by atoms with Crippen molar-refractivity contribution in [2.24, 2.45) is 0 Å². The lowest BCUT2D eigenvalue weighted by Gasteiger charge is -2.13. The minimum atomic E-state index is -0.638. The van der Waals surface area contributed by atoms with E-state index in [1.54, 1.807) is 0 Å². The Kier molecular flexibility index (Phi) is 5.26. The van der Waals surface area contributed by atoms with E-state index in [4.69, 9.17) is 0 Å². The van der Waals surface area contributed by atoms with Gasteiger partial charge >= 0.3 is 6.03 Å². The molecule has 0 bridgehead atoms. The van der Waals surface area contributed by atoms with E-state index < -0.39 is 29.7 Å². The van der Waals surface area contributed by atoms with Crippen LogP contribution in [0.4, 0.5) is 14.9 Å². The quantitative estimate of drug-likeness (QED) is 0.781. The summed E-state index contributed by atoms with van der Waals surface area (Å²) in [5.74, 6) is -1.36. The van der Waals surface area contributed by atoms with Gasteiger partial charge in [-0.25, -0.2) is 9.18 Å². The highest BCUT2D eigenvalue weighted by Crippen LogP contribution is 2.14. The number of halogens is 1. The molecule has 0 spiro atoms. The largest absolute Gasteiger partial charge is 0.326 e. The number of benzene rings is 2. The van der Waals surface area contributed by atoms with Gasteiger partial charge in [-0.1, -0.05) is 30.3 Å². The number of anilines is 1. The molecule has 1 aliphatic heterocycles. The predicted molar refractivity (Wildman–Crippen MR) is 93.8 cm³/mol. The van der Waals surface area contributed by atoms with Gasteiger partial charge in [0.25, 0.3) is 5.91 Å². The number of imide groups is 1. The number of hydrogen-bond acceptors (Lipinski definition) is 3. The maximum Gasteiger partial charge on any atom is 0.325 e. The number of amides is 4. The van der Waals surface area contributed by atoms with Crippen LogP contribution in [0, 0.1) is 5.82 Å². The van der Waals surface area contributed by atoms with Crippen LogP contribution in [0.1, 0.15) is 12.0 Å². The molecule has 6 nitrogen and oxygen atoms in total. The molecule has 1 heterocycles. The van der Waals surface area contributed by atoms with Crippen molar-refractivity contribution in [2.45, 2.75) is 18.9 Å². The number of carbonyl (C=O) groups is 3. The van der Waals surface area contributed by atoms with Crippen molar-refractivity contribution in [3.05, 3.63) is 66.0 Å². The van der Waals surface area contributed by atoms with E-state index in [-0.39, 0.29) is 6.54 Å². The van der Waals surface area contributed by atoms with Gasteiger partial charge in [0.2, 0.25) is 5.91 Å². The highest BCUT2D eigenvalue weighted by atomic mass is 19.1. The van der Waals surface area contributed by atoms with Crippen molar-refractivity contribution in [3.8, 4) is 0 Å². The molecular weight excluding hydrogens is 337 g/mol. The maximum atomic E-state index is 12.9. The molecule has 26 heavy (non-hydrogen) atoms.